The summed E-state index contributed by atoms with van der Waals surface area (Å²) in [6.07, 6.45) is 2.58. The van der Waals surface area contributed by atoms with Crippen molar-refractivity contribution in [2.24, 2.45) is 105 Å². The molecule has 3 rings (SSSR count). The van der Waals surface area contributed by atoms with Gasteiger partial charge in [-0.1, -0.05) is 131 Å². The molecule has 0 aromatic carbocycles. The van der Waals surface area contributed by atoms with Gasteiger partial charge in [0.25, 0.3) is 0 Å². The maximum absolute atomic E-state index is 4.92. The Labute approximate surface area is 253 Å². The van der Waals surface area contributed by atoms with Crippen molar-refractivity contribution >= 4 is 5.71 Å². The Hall–Kier alpha value is -0.330. The molecule has 1 heteroatoms. The van der Waals surface area contributed by atoms with Crippen molar-refractivity contribution in [1.29, 1.82) is 0 Å². The van der Waals surface area contributed by atoms with Crippen molar-refractivity contribution in [2.45, 2.75) is 144 Å². The Morgan fingerprint density at radius 2 is 0.950 bits per heavy atom. The first kappa shape index (κ1) is 35.9. The molecule has 0 N–H and O–H groups in total. The summed E-state index contributed by atoms with van der Waals surface area (Å²) >= 11 is 0. The van der Waals surface area contributed by atoms with E-state index in [0.717, 1.165) is 71.0 Å². The zero-order valence-corrected chi connectivity index (χ0v) is 30.7. The van der Waals surface area contributed by atoms with Gasteiger partial charge in [-0.3, -0.25) is 4.99 Å². The quantitative estimate of drug-likeness (QED) is 0.179. The zero-order valence-electron chi connectivity index (χ0n) is 30.7. The van der Waals surface area contributed by atoms with E-state index in [9.17, 15) is 0 Å². The average Bonchev–Trinajstić information content (AvgIpc) is 3.42. The van der Waals surface area contributed by atoms with Crippen LogP contribution in [-0.2, 0) is 0 Å². The predicted molar refractivity (Wildman–Crippen MR) is 181 cm³/mol. The molecule has 16 unspecified atom stereocenters. The van der Waals surface area contributed by atoms with Crippen LogP contribution in [0.1, 0.15) is 137 Å². The highest BCUT2D eigenvalue weighted by atomic mass is 14.9. The summed E-state index contributed by atoms with van der Waals surface area (Å²) in [6, 6.07) is 0.641. The first-order valence-corrected chi connectivity index (χ1v) is 17.9. The van der Waals surface area contributed by atoms with Crippen molar-refractivity contribution in [3.8, 4) is 0 Å². The van der Waals surface area contributed by atoms with E-state index in [4.69, 9.17) is 4.99 Å². The first-order chi connectivity index (χ1) is 18.3. The molecule has 236 valence electrons. The van der Waals surface area contributed by atoms with Crippen molar-refractivity contribution in [3.05, 3.63) is 0 Å². The molecule has 1 aliphatic carbocycles. The van der Waals surface area contributed by atoms with E-state index in [-0.39, 0.29) is 0 Å². The Bertz CT molecular complexity index is 810. The second-order valence-corrected chi connectivity index (χ2v) is 17.0. The summed E-state index contributed by atoms with van der Waals surface area (Å²) in [5.41, 5.74) is 1.85. The van der Waals surface area contributed by atoms with Gasteiger partial charge >= 0.3 is 0 Å². The smallest absolute Gasteiger partial charge is 0.0583 e. The Kier molecular flexibility index (Phi) is 12.5. The maximum Gasteiger partial charge on any atom is 0.0583 e. The summed E-state index contributed by atoms with van der Waals surface area (Å²) in [5.74, 6) is 11.9. The lowest BCUT2D eigenvalue weighted by atomic mass is 9.57. The third kappa shape index (κ3) is 6.90. The molecule has 1 nitrogen and oxygen atoms in total. The third-order valence-electron chi connectivity index (χ3n) is 15.8. The fourth-order valence-electron chi connectivity index (χ4n) is 9.51. The van der Waals surface area contributed by atoms with E-state index >= 15 is 0 Å². The number of rotatable bonds is 16. The fraction of sp³-hybridized carbons (Fsp3) is 0.974. The highest BCUT2D eigenvalue weighted by Crippen LogP contribution is 2.52. The first-order valence-electron chi connectivity index (χ1n) is 17.9. The summed E-state index contributed by atoms with van der Waals surface area (Å²) in [5, 5.41) is 0. The lowest BCUT2D eigenvalue weighted by Crippen LogP contribution is -2.42. The van der Waals surface area contributed by atoms with Crippen LogP contribution in [0.15, 0.2) is 4.99 Å². The van der Waals surface area contributed by atoms with Gasteiger partial charge in [-0.2, -0.15) is 0 Å². The van der Waals surface area contributed by atoms with Crippen molar-refractivity contribution in [3.63, 3.8) is 0 Å². The van der Waals surface area contributed by atoms with Gasteiger partial charge in [-0.25, -0.2) is 0 Å². The van der Waals surface area contributed by atoms with E-state index in [1.807, 2.05) is 0 Å². The van der Waals surface area contributed by atoms with Crippen molar-refractivity contribution in [1.82, 2.24) is 0 Å². The summed E-state index contributed by atoms with van der Waals surface area (Å²) in [4.78, 5) is 4.92. The van der Waals surface area contributed by atoms with Gasteiger partial charge < -0.3 is 0 Å². The van der Waals surface area contributed by atoms with E-state index in [1.165, 1.54) is 12.8 Å². The summed E-state index contributed by atoms with van der Waals surface area (Å²) < 4.78 is 0. The Morgan fingerprint density at radius 3 is 1.30 bits per heavy atom. The van der Waals surface area contributed by atoms with Gasteiger partial charge in [-0.15, -0.1) is 0 Å². The molecule has 2 aliphatic heterocycles. The molecular formula is C39H75N. The van der Waals surface area contributed by atoms with E-state index in [0.29, 0.717) is 35.1 Å². The van der Waals surface area contributed by atoms with Crippen LogP contribution in [0.4, 0.5) is 0 Å². The standard InChI is InChI=1S/C39H75N/c1-19-21(2)22(3)23(4)24(5)25(6)26(7)27(8)28(9)30(11)34(15)39(17,18)35(16)31(12)29(10)32(13)38-33(14)36-20-37(38)40-36/h21-36,38H,19-20H2,1-18H3/t21?,22?,23?,24?,25?,26?,27?,28?,29?,30?,31?,32?,33?,34?,35?,36-,38?/m0/s1. The number of hydrogen-bond acceptors (Lipinski definition) is 1. The molecule has 40 heavy (non-hydrogen) atoms. The predicted octanol–water partition coefficient (Wildman–Crippen LogP) is 11.8. The third-order valence-corrected chi connectivity index (χ3v) is 15.8. The molecule has 0 amide bonds. The second-order valence-electron chi connectivity index (χ2n) is 17.0. The van der Waals surface area contributed by atoms with Gasteiger partial charge in [0.05, 0.1) is 6.04 Å². The van der Waals surface area contributed by atoms with Crippen LogP contribution in [0.3, 0.4) is 0 Å². The van der Waals surface area contributed by atoms with E-state index < -0.39 is 0 Å². The van der Waals surface area contributed by atoms with Crippen LogP contribution in [-0.4, -0.2) is 11.8 Å². The minimum absolute atomic E-state index is 0.310. The molecule has 0 spiro atoms. The monoisotopic (exact) mass is 558 g/mol. The molecule has 0 saturated heterocycles. The van der Waals surface area contributed by atoms with Crippen molar-refractivity contribution < 1.29 is 0 Å². The molecule has 2 bridgehead atoms. The minimum Gasteiger partial charge on any atom is -0.290 e. The van der Waals surface area contributed by atoms with Gasteiger partial charge in [0.15, 0.2) is 0 Å². The van der Waals surface area contributed by atoms with Gasteiger partial charge in [-0.05, 0) is 94.2 Å². The normalized spacial score (nSPS) is 31.8. The fourth-order valence-corrected chi connectivity index (χ4v) is 9.51. The number of fused-ring (bicyclic) bond motifs is 1. The van der Waals surface area contributed by atoms with Crippen LogP contribution < -0.4 is 0 Å². The van der Waals surface area contributed by atoms with Crippen LogP contribution in [0, 0.1) is 100 Å². The van der Waals surface area contributed by atoms with Gasteiger partial charge in [0.1, 0.15) is 0 Å². The van der Waals surface area contributed by atoms with Gasteiger partial charge in [0, 0.05) is 18.1 Å². The largest absolute Gasteiger partial charge is 0.290 e. The molecule has 1 saturated carbocycles. The summed E-state index contributed by atoms with van der Waals surface area (Å²) in [7, 11) is 0. The SMILES string of the molecule is CCC(C)C(C)C(C)C(C)C(C)C(C)C(C)C(C)C(C)C(C)C(C)(C)C(C)C(C)C(C)C(C)C1C2=N[C@@H](C2)C1C. The van der Waals surface area contributed by atoms with Crippen LogP contribution in [0.5, 0.6) is 0 Å². The van der Waals surface area contributed by atoms with Crippen LogP contribution in [0.2, 0.25) is 0 Å². The maximum atomic E-state index is 4.92. The molecular weight excluding hydrogens is 482 g/mol. The molecule has 3 aliphatic rings. The lowest BCUT2D eigenvalue weighted by molar-refractivity contribution is 0.00289. The van der Waals surface area contributed by atoms with Crippen molar-refractivity contribution in [2.75, 3.05) is 0 Å². The number of nitrogens with zero attached hydrogens (tertiary/aromatic N) is 1. The molecule has 17 atom stereocenters. The Morgan fingerprint density at radius 1 is 0.600 bits per heavy atom. The Balaban J connectivity index is 2.06. The zero-order chi connectivity index (χ0) is 31.0. The van der Waals surface area contributed by atoms with Crippen LogP contribution in [0.25, 0.3) is 0 Å². The van der Waals surface area contributed by atoms with E-state index in [1.54, 1.807) is 5.71 Å². The second kappa shape index (κ2) is 14.0. The van der Waals surface area contributed by atoms with E-state index in [2.05, 4.69) is 125 Å². The average molecular weight is 558 g/mol. The summed E-state index contributed by atoms with van der Waals surface area (Å²) in [6.45, 7) is 45.7. The minimum atomic E-state index is 0.310. The molecule has 0 aromatic rings. The highest BCUT2D eigenvalue weighted by molar-refractivity contribution is 5.95. The van der Waals surface area contributed by atoms with Crippen LogP contribution >= 0.6 is 0 Å². The number of hydrogen-bond donors (Lipinski definition) is 0. The molecule has 0 radical (unpaired) electrons. The number of aliphatic imine (C=N–C) groups is 1. The molecule has 0 aromatic heterocycles. The molecule has 2 heterocycles. The molecule has 1 fully saturated rings. The topological polar surface area (TPSA) is 12.4 Å². The lowest BCUT2D eigenvalue weighted by Gasteiger charge is -2.48. The van der Waals surface area contributed by atoms with Gasteiger partial charge in [0.2, 0.25) is 0 Å². The highest BCUT2D eigenvalue weighted by Gasteiger charge is 2.49.